The molecule has 1 rings (SSSR count). The van der Waals surface area contributed by atoms with Crippen LogP contribution < -0.4 is 5.56 Å². The molecule has 1 heterocycles. The van der Waals surface area contributed by atoms with Gasteiger partial charge in [0.25, 0.3) is 0 Å². The summed E-state index contributed by atoms with van der Waals surface area (Å²) < 4.78 is 1.44. The van der Waals surface area contributed by atoms with Crippen LogP contribution in [0.2, 0.25) is 0 Å². The SMILES string of the molecule is O=c1c([N+](=O)[O-])cc(Br)cn1CC(O)CCl. The Kier molecular flexibility index (Phi) is 4.45. The van der Waals surface area contributed by atoms with Crippen LogP contribution in [-0.4, -0.2) is 26.6 Å². The van der Waals surface area contributed by atoms with Gasteiger partial charge in [0.15, 0.2) is 0 Å². The van der Waals surface area contributed by atoms with E-state index in [1.807, 2.05) is 0 Å². The van der Waals surface area contributed by atoms with E-state index in [2.05, 4.69) is 15.9 Å². The lowest BCUT2D eigenvalue weighted by Crippen LogP contribution is -2.28. The molecule has 0 saturated carbocycles. The van der Waals surface area contributed by atoms with Crippen molar-refractivity contribution in [2.75, 3.05) is 5.88 Å². The molecule has 1 unspecified atom stereocenters. The number of nitro groups is 1. The summed E-state index contributed by atoms with van der Waals surface area (Å²) in [5.41, 5.74) is -1.31. The van der Waals surface area contributed by atoms with Gasteiger partial charge in [-0.15, -0.1) is 11.6 Å². The summed E-state index contributed by atoms with van der Waals surface area (Å²) in [4.78, 5) is 21.4. The van der Waals surface area contributed by atoms with Crippen molar-refractivity contribution in [3.8, 4) is 0 Å². The van der Waals surface area contributed by atoms with E-state index in [4.69, 9.17) is 11.6 Å². The van der Waals surface area contributed by atoms with Gasteiger partial charge in [0.2, 0.25) is 0 Å². The second-order valence-corrected chi connectivity index (χ2v) is 4.29. The zero-order valence-corrected chi connectivity index (χ0v) is 10.3. The largest absolute Gasteiger partial charge is 0.390 e. The molecule has 0 bridgehead atoms. The molecule has 16 heavy (non-hydrogen) atoms. The number of nitrogens with zero attached hydrogens (tertiary/aromatic N) is 2. The van der Waals surface area contributed by atoms with Crippen molar-refractivity contribution in [1.29, 1.82) is 0 Å². The van der Waals surface area contributed by atoms with Crippen molar-refractivity contribution in [3.05, 3.63) is 37.2 Å². The number of aromatic nitrogens is 1. The number of hydrogen-bond acceptors (Lipinski definition) is 4. The van der Waals surface area contributed by atoms with E-state index in [1.165, 1.54) is 6.20 Å². The van der Waals surface area contributed by atoms with Crippen LogP contribution in [-0.2, 0) is 6.54 Å². The maximum Gasteiger partial charge on any atom is 0.335 e. The Morgan fingerprint density at radius 3 is 2.81 bits per heavy atom. The molecule has 0 aliphatic carbocycles. The molecule has 1 atom stereocenters. The normalized spacial score (nSPS) is 12.4. The Bertz CT molecular complexity index is 462. The van der Waals surface area contributed by atoms with Crippen molar-refractivity contribution in [1.82, 2.24) is 4.57 Å². The lowest BCUT2D eigenvalue weighted by atomic mass is 10.3. The molecule has 1 aromatic rings. The number of halogens is 2. The summed E-state index contributed by atoms with van der Waals surface area (Å²) in [5, 5.41) is 19.8. The van der Waals surface area contributed by atoms with Gasteiger partial charge in [-0.05, 0) is 15.9 Å². The molecule has 0 saturated heterocycles. The molecule has 0 amide bonds. The molecular formula is C8H8BrClN2O4. The quantitative estimate of drug-likeness (QED) is 0.513. The third-order valence-electron chi connectivity index (χ3n) is 1.82. The van der Waals surface area contributed by atoms with Crippen molar-refractivity contribution in [2.45, 2.75) is 12.6 Å². The van der Waals surface area contributed by atoms with Gasteiger partial charge in [-0.2, -0.15) is 0 Å². The molecule has 0 aliphatic rings. The second-order valence-electron chi connectivity index (χ2n) is 3.07. The van der Waals surface area contributed by atoms with E-state index in [1.54, 1.807) is 0 Å². The smallest absolute Gasteiger partial charge is 0.335 e. The van der Waals surface area contributed by atoms with Crippen molar-refractivity contribution in [3.63, 3.8) is 0 Å². The second kappa shape index (κ2) is 5.42. The van der Waals surface area contributed by atoms with E-state index in [-0.39, 0.29) is 12.4 Å². The third kappa shape index (κ3) is 3.03. The van der Waals surface area contributed by atoms with Crippen molar-refractivity contribution in [2.24, 2.45) is 0 Å². The monoisotopic (exact) mass is 310 g/mol. The minimum Gasteiger partial charge on any atom is -0.390 e. The molecule has 0 aliphatic heterocycles. The van der Waals surface area contributed by atoms with Crippen LogP contribution in [0, 0.1) is 10.1 Å². The van der Waals surface area contributed by atoms with Gasteiger partial charge in [-0.1, -0.05) is 0 Å². The van der Waals surface area contributed by atoms with Crippen LogP contribution in [0.5, 0.6) is 0 Å². The number of rotatable bonds is 4. The highest BCUT2D eigenvalue weighted by Gasteiger charge is 2.17. The first-order chi connectivity index (χ1) is 7.45. The van der Waals surface area contributed by atoms with E-state index < -0.39 is 22.3 Å². The van der Waals surface area contributed by atoms with Gasteiger partial charge in [0, 0.05) is 16.7 Å². The van der Waals surface area contributed by atoms with Gasteiger partial charge in [-0.3, -0.25) is 14.9 Å². The maximum absolute atomic E-state index is 11.6. The molecule has 8 heteroatoms. The third-order valence-corrected chi connectivity index (χ3v) is 2.61. The van der Waals surface area contributed by atoms with Crippen LogP contribution in [0.3, 0.4) is 0 Å². The average Bonchev–Trinajstić information content (AvgIpc) is 2.22. The maximum atomic E-state index is 11.6. The Morgan fingerprint density at radius 2 is 2.31 bits per heavy atom. The molecule has 0 radical (unpaired) electrons. The summed E-state index contributed by atoms with van der Waals surface area (Å²) in [7, 11) is 0. The molecular weight excluding hydrogens is 303 g/mol. The molecule has 6 nitrogen and oxygen atoms in total. The highest BCUT2D eigenvalue weighted by Crippen LogP contribution is 2.14. The molecule has 0 aromatic carbocycles. The molecule has 1 aromatic heterocycles. The number of aliphatic hydroxyl groups is 1. The zero-order chi connectivity index (χ0) is 12.3. The molecule has 0 spiro atoms. The zero-order valence-electron chi connectivity index (χ0n) is 7.97. The highest BCUT2D eigenvalue weighted by molar-refractivity contribution is 9.10. The minimum atomic E-state index is -0.923. The highest BCUT2D eigenvalue weighted by atomic mass is 79.9. The van der Waals surface area contributed by atoms with E-state index in [0.717, 1.165) is 10.6 Å². The van der Waals surface area contributed by atoms with E-state index in [0.29, 0.717) is 4.47 Å². The molecule has 0 fully saturated rings. The number of pyridine rings is 1. The first kappa shape index (κ1) is 13.1. The summed E-state index contributed by atoms with van der Waals surface area (Å²) in [5.74, 6) is -0.0489. The number of alkyl halides is 1. The van der Waals surface area contributed by atoms with Gasteiger partial charge in [0.05, 0.1) is 23.5 Å². The van der Waals surface area contributed by atoms with Crippen LogP contribution in [0.1, 0.15) is 0 Å². The predicted molar refractivity (Wildman–Crippen MR) is 61.8 cm³/mol. The van der Waals surface area contributed by atoms with Crippen LogP contribution >= 0.6 is 27.5 Å². The van der Waals surface area contributed by atoms with Gasteiger partial charge < -0.3 is 9.67 Å². The summed E-state index contributed by atoms with van der Waals surface area (Å²) >= 11 is 8.43. The predicted octanol–water partition coefficient (Wildman–Crippen LogP) is 1.12. The van der Waals surface area contributed by atoms with E-state index >= 15 is 0 Å². The summed E-state index contributed by atoms with van der Waals surface area (Å²) in [6, 6.07) is 1.12. The number of hydrogen-bond donors (Lipinski definition) is 1. The van der Waals surface area contributed by atoms with Crippen LogP contribution in [0.25, 0.3) is 0 Å². The van der Waals surface area contributed by atoms with Gasteiger partial charge in [0.1, 0.15) is 0 Å². The minimum absolute atomic E-state index is 0.0489. The van der Waals surface area contributed by atoms with Crippen LogP contribution in [0.15, 0.2) is 21.5 Å². The van der Waals surface area contributed by atoms with Gasteiger partial charge >= 0.3 is 11.2 Å². The van der Waals surface area contributed by atoms with Crippen molar-refractivity contribution < 1.29 is 10.0 Å². The van der Waals surface area contributed by atoms with E-state index in [9.17, 15) is 20.0 Å². The fourth-order valence-corrected chi connectivity index (χ4v) is 1.69. The van der Waals surface area contributed by atoms with Crippen molar-refractivity contribution >= 4 is 33.2 Å². The Labute approximate surface area is 104 Å². The lowest BCUT2D eigenvalue weighted by molar-refractivity contribution is -0.386. The topological polar surface area (TPSA) is 85.4 Å². The van der Waals surface area contributed by atoms with Crippen LogP contribution in [0.4, 0.5) is 5.69 Å². The summed E-state index contributed by atoms with van der Waals surface area (Å²) in [6.07, 6.45) is 0.443. The Balaban J connectivity index is 3.19. The molecule has 1 N–H and O–H groups in total. The fraction of sp³-hybridized carbons (Fsp3) is 0.375. The first-order valence-corrected chi connectivity index (χ1v) is 5.57. The Morgan fingerprint density at radius 1 is 1.69 bits per heavy atom. The van der Waals surface area contributed by atoms with Gasteiger partial charge in [-0.25, -0.2) is 0 Å². The molecule has 88 valence electrons. The first-order valence-electron chi connectivity index (χ1n) is 4.24. The Hall–Kier alpha value is -0.920. The average molecular weight is 312 g/mol. The summed E-state index contributed by atoms with van der Waals surface area (Å²) in [6.45, 7) is -0.0807. The fourth-order valence-electron chi connectivity index (χ4n) is 1.13. The lowest BCUT2D eigenvalue weighted by Gasteiger charge is -2.09. The standard InChI is InChI=1S/C8H8BrClN2O4/c9-5-1-7(12(15)16)8(14)11(3-5)4-6(13)2-10/h1,3,6,13H,2,4H2. The number of aliphatic hydroxyl groups excluding tert-OH is 1.